The molecule has 0 bridgehead atoms. The Labute approximate surface area is 117 Å². The highest BCUT2D eigenvalue weighted by Crippen LogP contribution is 2.25. The molecule has 1 aromatic heterocycles. The van der Waals surface area contributed by atoms with E-state index in [1.165, 1.54) is 5.01 Å². The van der Waals surface area contributed by atoms with Gasteiger partial charge in [0.05, 0.1) is 5.52 Å². The van der Waals surface area contributed by atoms with Crippen molar-refractivity contribution in [3.05, 3.63) is 41.6 Å². The Balaban J connectivity index is 2.18. The average Bonchev–Trinajstić information content (AvgIpc) is 2.61. The fourth-order valence-electron chi connectivity index (χ4n) is 2.27. The molecule has 1 aliphatic heterocycles. The minimum atomic E-state index is -0.824. The van der Waals surface area contributed by atoms with E-state index in [2.05, 4.69) is 9.98 Å². The molecule has 1 aliphatic rings. The fraction of sp³-hybridized carbons (Fsp3) is 0.267. The first-order valence-corrected chi connectivity index (χ1v) is 6.46. The summed E-state index contributed by atoms with van der Waals surface area (Å²) in [5.41, 5.74) is 1.64. The summed E-state index contributed by atoms with van der Waals surface area (Å²) in [7, 11) is 0. The van der Waals surface area contributed by atoms with E-state index in [-0.39, 0.29) is 5.91 Å². The molecule has 0 aliphatic carbocycles. The molecule has 102 valence electrons. The number of aliphatic imine (C=N–C) groups is 1. The molecule has 0 fully saturated rings. The van der Waals surface area contributed by atoms with Gasteiger partial charge in [-0.2, -0.15) is 4.99 Å². The molecule has 0 radical (unpaired) electrons. The molecule has 2 aromatic rings. The highest BCUT2D eigenvalue weighted by Gasteiger charge is 2.42. The van der Waals surface area contributed by atoms with Crippen LogP contribution in [0.25, 0.3) is 10.9 Å². The number of hydrogen-bond donors (Lipinski definition) is 1. The number of nitrogens with zero attached hydrogens (tertiary/aromatic N) is 3. The predicted molar refractivity (Wildman–Crippen MR) is 78.1 cm³/mol. The summed E-state index contributed by atoms with van der Waals surface area (Å²) in [5, 5.41) is 2.46. The second-order valence-corrected chi connectivity index (χ2v) is 5.52. The average molecular weight is 268 g/mol. The van der Waals surface area contributed by atoms with Gasteiger partial charge in [-0.1, -0.05) is 18.2 Å². The molecule has 0 atom stereocenters. The number of pyridine rings is 1. The van der Waals surface area contributed by atoms with Crippen LogP contribution < -0.4 is 5.84 Å². The summed E-state index contributed by atoms with van der Waals surface area (Å²) in [6, 6.07) is 9.87. The molecule has 0 unspecified atom stereocenters. The Morgan fingerprint density at radius 3 is 2.60 bits per heavy atom. The van der Waals surface area contributed by atoms with Crippen molar-refractivity contribution >= 4 is 22.6 Å². The van der Waals surface area contributed by atoms with Crippen molar-refractivity contribution < 1.29 is 4.79 Å². The Kier molecular flexibility index (Phi) is 2.62. The molecule has 20 heavy (non-hydrogen) atoms. The summed E-state index contributed by atoms with van der Waals surface area (Å²) in [4.78, 5) is 20.6. The largest absolute Gasteiger partial charge is 0.278 e. The first-order chi connectivity index (χ1) is 9.41. The Morgan fingerprint density at radius 2 is 1.95 bits per heavy atom. The van der Waals surface area contributed by atoms with Gasteiger partial charge in [0.25, 0.3) is 5.91 Å². The lowest BCUT2D eigenvalue weighted by molar-refractivity contribution is -0.124. The van der Waals surface area contributed by atoms with Crippen LogP contribution in [-0.4, -0.2) is 27.3 Å². The van der Waals surface area contributed by atoms with E-state index in [1.54, 1.807) is 13.8 Å². The molecule has 5 heteroatoms. The third kappa shape index (κ3) is 1.71. The molecule has 3 rings (SSSR count). The van der Waals surface area contributed by atoms with Crippen LogP contribution in [0.1, 0.15) is 25.1 Å². The van der Waals surface area contributed by atoms with Crippen molar-refractivity contribution in [2.75, 3.05) is 0 Å². The lowest BCUT2D eigenvalue weighted by atomic mass is 10.1. The lowest BCUT2D eigenvalue weighted by Gasteiger charge is -2.27. The number of amidine groups is 1. The number of aromatic nitrogens is 1. The maximum absolute atomic E-state index is 11.9. The standard InChI is InChI=1S/C15H16N4O/c1-9-8-10-6-4-5-7-11(10)17-12(9)13-18-14(20)15(2,3)19(13)16/h4-8H,16H2,1-3H3. The summed E-state index contributed by atoms with van der Waals surface area (Å²) >= 11 is 0. The lowest BCUT2D eigenvalue weighted by Crippen LogP contribution is -2.51. The maximum atomic E-state index is 11.9. The number of carbonyl (C=O) groups is 1. The van der Waals surface area contributed by atoms with Crippen LogP contribution in [0.5, 0.6) is 0 Å². The summed E-state index contributed by atoms with van der Waals surface area (Å²) < 4.78 is 0. The third-order valence-corrected chi connectivity index (χ3v) is 3.69. The van der Waals surface area contributed by atoms with E-state index in [9.17, 15) is 4.79 Å². The van der Waals surface area contributed by atoms with Crippen LogP contribution in [0, 0.1) is 6.92 Å². The number of aryl methyl sites for hydroxylation is 1. The Hall–Kier alpha value is -2.27. The van der Waals surface area contributed by atoms with E-state index in [0.29, 0.717) is 11.5 Å². The first-order valence-electron chi connectivity index (χ1n) is 6.46. The second-order valence-electron chi connectivity index (χ2n) is 5.52. The molecule has 1 aromatic carbocycles. The van der Waals surface area contributed by atoms with Crippen molar-refractivity contribution in [3.63, 3.8) is 0 Å². The monoisotopic (exact) mass is 268 g/mol. The van der Waals surface area contributed by atoms with Crippen LogP contribution in [0.15, 0.2) is 35.3 Å². The van der Waals surface area contributed by atoms with E-state index in [1.807, 2.05) is 37.3 Å². The molecular formula is C15H16N4O. The van der Waals surface area contributed by atoms with Crippen LogP contribution in [0.2, 0.25) is 0 Å². The fourth-order valence-corrected chi connectivity index (χ4v) is 2.27. The number of benzene rings is 1. The van der Waals surface area contributed by atoms with Crippen molar-refractivity contribution in [1.82, 2.24) is 9.99 Å². The van der Waals surface area contributed by atoms with Crippen molar-refractivity contribution in [3.8, 4) is 0 Å². The van der Waals surface area contributed by atoms with Crippen LogP contribution in [0.4, 0.5) is 0 Å². The SMILES string of the molecule is Cc1cc2ccccc2nc1C1=NC(=O)C(C)(C)N1N. The molecule has 5 nitrogen and oxygen atoms in total. The number of amides is 1. The zero-order chi connectivity index (χ0) is 14.5. The zero-order valence-electron chi connectivity index (χ0n) is 11.7. The number of nitrogens with two attached hydrogens (primary N) is 1. The van der Waals surface area contributed by atoms with Crippen molar-refractivity contribution in [2.45, 2.75) is 26.3 Å². The zero-order valence-corrected chi connectivity index (χ0v) is 11.7. The van der Waals surface area contributed by atoms with Gasteiger partial charge >= 0.3 is 0 Å². The topological polar surface area (TPSA) is 71.6 Å². The maximum Gasteiger partial charge on any atom is 0.274 e. The molecule has 0 spiro atoms. The Morgan fingerprint density at radius 1 is 1.25 bits per heavy atom. The van der Waals surface area contributed by atoms with Gasteiger partial charge < -0.3 is 0 Å². The van der Waals surface area contributed by atoms with Gasteiger partial charge in [-0.25, -0.2) is 10.8 Å². The number of hydrogen-bond acceptors (Lipinski definition) is 4. The molecular weight excluding hydrogens is 252 g/mol. The van der Waals surface area contributed by atoms with E-state index in [4.69, 9.17) is 5.84 Å². The third-order valence-electron chi connectivity index (χ3n) is 3.69. The number of fused-ring (bicyclic) bond motifs is 1. The van der Waals surface area contributed by atoms with Gasteiger partial charge in [0, 0.05) is 5.39 Å². The number of rotatable bonds is 1. The van der Waals surface area contributed by atoms with Gasteiger partial charge in [0.15, 0.2) is 5.84 Å². The van der Waals surface area contributed by atoms with E-state index < -0.39 is 5.54 Å². The van der Waals surface area contributed by atoms with Crippen molar-refractivity contribution in [2.24, 2.45) is 10.8 Å². The van der Waals surface area contributed by atoms with Gasteiger partial charge in [-0.05, 0) is 38.5 Å². The second kappa shape index (κ2) is 4.11. The smallest absolute Gasteiger partial charge is 0.274 e. The molecule has 2 N–H and O–H groups in total. The summed E-state index contributed by atoms with van der Waals surface area (Å²) in [6.45, 7) is 5.45. The first kappa shape index (κ1) is 12.7. The minimum Gasteiger partial charge on any atom is -0.278 e. The summed E-state index contributed by atoms with van der Waals surface area (Å²) in [5.74, 6) is 6.22. The molecule has 1 amide bonds. The number of hydrazine groups is 1. The van der Waals surface area contributed by atoms with Gasteiger partial charge in [0.1, 0.15) is 11.2 Å². The van der Waals surface area contributed by atoms with Crippen LogP contribution in [-0.2, 0) is 4.79 Å². The van der Waals surface area contributed by atoms with E-state index >= 15 is 0 Å². The molecule has 0 saturated carbocycles. The van der Waals surface area contributed by atoms with Crippen LogP contribution in [0.3, 0.4) is 0 Å². The number of carbonyl (C=O) groups excluding carboxylic acids is 1. The predicted octanol–water partition coefficient (Wildman–Crippen LogP) is 1.78. The quantitative estimate of drug-likeness (QED) is 0.800. The normalized spacial score (nSPS) is 17.7. The number of para-hydroxylation sites is 1. The minimum absolute atomic E-state index is 0.246. The van der Waals surface area contributed by atoms with Crippen molar-refractivity contribution in [1.29, 1.82) is 0 Å². The Bertz CT molecular complexity index is 749. The summed E-state index contributed by atoms with van der Waals surface area (Å²) in [6.07, 6.45) is 0. The highest BCUT2D eigenvalue weighted by atomic mass is 16.2. The van der Waals surface area contributed by atoms with Gasteiger partial charge in [-0.15, -0.1) is 0 Å². The van der Waals surface area contributed by atoms with E-state index in [0.717, 1.165) is 16.5 Å². The molecule has 0 saturated heterocycles. The van der Waals surface area contributed by atoms with Gasteiger partial charge in [0.2, 0.25) is 0 Å². The van der Waals surface area contributed by atoms with Crippen LogP contribution >= 0.6 is 0 Å². The van der Waals surface area contributed by atoms with Gasteiger partial charge in [-0.3, -0.25) is 9.80 Å². The molecule has 2 heterocycles. The highest BCUT2D eigenvalue weighted by molar-refractivity contribution is 6.13.